The van der Waals surface area contributed by atoms with Gasteiger partial charge in [-0.05, 0) is 29.8 Å². The van der Waals surface area contributed by atoms with E-state index in [-0.39, 0.29) is 22.8 Å². The maximum absolute atomic E-state index is 12.7. The third-order valence-corrected chi connectivity index (χ3v) is 8.26. The molecule has 0 saturated carbocycles. The van der Waals surface area contributed by atoms with Gasteiger partial charge in [0.05, 0.1) is 24.0 Å². The Morgan fingerprint density at radius 3 is 2.67 bits per heavy atom. The van der Waals surface area contributed by atoms with Crippen LogP contribution in [0.3, 0.4) is 0 Å². The lowest BCUT2D eigenvalue weighted by Crippen LogP contribution is -2.46. The monoisotopic (exact) mass is 492 g/mol. The predicted molar refractivity (Wildman–Crippen MR) is 109 cm³/mol. The standard InChI is InChI=1S/C17H18BrClN2O4S2/c1-20(27(23,24)17-7-6-15(19)26-17)11-16(22)21-8-9-25-14(10-21)12-2-4-13(18)5-3-12/h2-7,14H,8-11H2,1H3. The molecule has 0 aliphatic carbocycles. The number of ether oxygens (including phenoxy) is 1. The van der Waals surface area contributed by atoms with Gasteiger partial charge in [-0.1, -0.05) is 39.7 Å². The van der Waals surface area contributed by atoms with Crippen molar-refractivity contribution in [2.45, 2.75) is 10.3 Å². The highest BCUT2D eigenvalue weighted by molar-refractivity contribution is 9.10. The van der Waals surface area contributed by atoms with Gasteiger partial charge in [0.15, 0.2) is 0 Å². The summed E-state index contributed by atoms with van der Waals surface area (Å²) in [5, 5.41) is 0. The zero-order valence-electron chi connectivity index (χ0n) is 14.5. The van der Waals surface area contributed by atoms with Gasteiger partial charge in [0.25, 0.3) is 10.0 Å². The summed E-state index contributed by atoms with van der Waals surface area (Å²) in [7, 11) is -2.34. The Labute approximate surface area is 175 Å². The van der Waals surface area contributed by atoms with Gasteiger partial charge in [0, 0.05) is 18.1 Å². The molecule has 1 amide bonds. The van der Waals surface area contributed by atoms with Crippen LogP contribution >= 0.6 is 38.9 Å². The summed E-state index contributed by atoms with van der Waals surface area (Å²) in [5.41, 5.74) is 0.977. The van der Waals surface area contributed by atoms with Gasteiger partial charge in [-0.25, -0.2) is 8.42 Å². The van der Waals surface area contributed by atoms with Crippen molar-refractivity contribution in [2.75, 3.05) is 33.3 Å². The van der Waals surface area contributed by atoms with Crippen molar-refractivity contribution in [2.24, 2.45) is 0 Å². The minimum atomic E-state index is -3.74. The smallest absolute Gasteiger partial charge is 0.252 e. The van der Waals surface area contributed by atoms with E-state index in [1.54, 1.807) is 4.90 Å². The number of morpholine rings is 1. The molecule has 1 fully saturated rings. The Hall–Kier alpha value is -0.970. The van der Waals surface area contributed by atoms with Gasteiger partial charge >= 0.3 is 0 Å². The van der Waals surface area contributed by atoms with Crippen LogP contribution in [-0.2, 0) is 19.6 Å². The van der Waals surface area contributed by atoms with E-state index in [1.807, 2.05) is 24.3 Å². The van der Waals surface area contributed by atoms with Crippen molar-refractivity contribution in [3.8, 4) is 0 Å². The van der Waals surface area contributed by atoms with Gasteiger partial charge in [-0.15, -0.1) is 11.3 Å². The number of halogens is 2. The topological polar surface area (TPSA) is 66.9 Å². The van der Waals surface area contributed by atoms with Crippen LogP contribution in [0.5, 0.6) is 0 Å². The predicted octanol–water partition coefficient (Wildman–Crippen LogP) is 3.38. The number of rotatable bonds is 5. The first-order chi connectivity index (χ1) is 12.8. The van der Waals surface area contributed by atoms with E-state index in [2.05, 4.69) is 15.9 Å². The normalized spacial score (nSPS) is 18.1. The number of sulfonamides is 1. The number of likely N-dealkylation sites (N-methyl/N-ethyl adjacent to an activating group) is 1. The van der Waals surface area contributed by atoms with E-state index in [0.29, 0.717) is 24.0 Å². The molecule has 0 radical (unpaired) electrons. The third-order valence-electron chi connectivity index (χ3n) is 4.23. The molecule has 2 aromatic rings. The second-order valence-electron chi connectivity index (χ2n) is 6.07. The molecule has 0 N–H and O–H groups in total. The molecule has 2 heterocycles. The Kier molecular flexibility index (Phi) is 6.60. The molecular formula is C17H18BrClN2O4S2. The number of amides is 1. The molecule has 1 aromatic heterocycles. The van der Waals surface area contributed by atoms with Crippen LogP contribution in [-0.4, -0.2) is 56.8 Å². The molecule has 0 spiro atoms. The molecule has 0 bridgehead atoms. The lowest BCUT2D eigenvalue weighted by atomic mass is 10.1. The summed E-state index contributed by atoms with van der Waals surface area (Å²) in [6.45, 7) is 0.998. The molecule has 3 rings (SSSR count). The number of thiophene rings is 1. The lowest BCUT2D eigenvalue weighted by molar-refractivity contribution is -0.139. The molecule has 1 atom stereocenters. The van der Waals surface area contributed by atoms with E-state index >= 15 is 0 Å². The van der Waals surface area contributed by atoms with E-state index in [9.17, 15) is 13.2 Å². The Bertz CT molecular complexity index is 917. The molecular weight excluding hydrogens is 476 g/mol. The van der Waals surface area contributed by atoms with E-state index in [0.717, 1.165) is 25.7 Å². The Morgan fingerprint density at radius 1 is 1.33 bits per heavy atom. The fraction of sp³-hybridized carbons (Fsp3) is 0.353. The van der Waals surface area contributed by atoms with Gasteiger partial charge < -0.3 is 9.64 Å². The van der Waals surface area contributed by atoms with Gasteiger partial charge in [-0.3, -0.25) is 4.79 Å². The quantitative estimate of drug-likeness (QED) is 0.640. The van der Waals surface area contributed by atoms with Gasteiger partial charge in [-0.2, -0.15) is 4.31 Å². The minimum absolute atomic E-state index is 0.123. The average Bonchev–Trinajstić information content (AvgIpc) is 3.09. The minimum Gasteiger partial charge on any atom is -0.370 e. The van der Waals surface area contributed by atoms with Crippen LogP contribution in [0.25, 0.3) is 0 Å². The second kappa shape index (κ2) is 8.59. The molecule has 10 heteroatoms. The summed E-state index contributed by atoms with van der Waals surface area (Å²) in [5.74, 6) is -0.255. The lowest BCUT2D eigenvalue weighted by Gasteiger charge is -2.34. The highest BCUT2D eigenvalue weighted by atomic mass is 79.9. The molecule has 1 aliphatic rings. The largest absolute Gasteiger partial charge is 0.370 e. The van der Waals surface area contributed by atoms with Crippen LogP contribution in [0, 0.1) is 0 Å². The van der Waals surface area contributed by atoms with Crippen LogP contribution in [0.4, 0.5) is 0 Å². The molecule has 1 unspecified atom stereocenters. The summed E-state index contributed by atoms with van der Waals surface area (Å²) < 4.78 is 33.4. The second-order valence-corrected chi connectivity index (χ2v) is 11.0. The van der Waals surface area contributed by atoms with Crippen LogP contribution in [0.2, 0.25) is 4.34 Å². The van der Waals surface area contributed by atoms with Crippen molar-refractivity contribution < 1.29 is 17.9 Å². The number of nitrogens with zero attached hydrogens (tertiary/aromatic N) is 2. The number of carbonyl (C=O) groups is 1. The van der Waals surface area contributed by atoms with Crippen molar-refractivity contribution in [3.05, 3.63) is 50.8 Å². The number of carbonyl (C=O) groups excluding carboxylic acids is 1. The Morgan fingerprint density at radius 2 is 2.04 bits per heavy atom. The summed E-state index contributed by atoms with van der Waals surface area (Å²) >= 11 is 10.2. The van der Waals surface area contributed by atoms with Crippen molar-refractivity contribution >= 4 is 54.8 Å². The third kappa shape index (κ3) is 4.90. The van der Waals surface area contributed by atoms with E-state index in [4.69, 9.17) is 16.3 Å². The number of benzene rings is 1. The highest BCUT2D eigenvalue weighted by Crippen LogP contribution is 2.28. The molecule has 146 valence electrons. The van der Waals surface area contributed by atoms with E-state index in [1.165, 1.54) is 19.2 Å². The first-order valence-corrected chi connectivity index (χ1v) is 11.6. The summed E-state index contributed by atoms with van der Waals surface area (Å²) in [4.78, 5) is 14.3. The van der Waals surface area contributed by atoms with Crippen LogP contribution in [0.15, 0.2) is 45.1 Å². The zero-order chi connectivity index (χ0) is 19.6. The Balaban J connectivity index is 1.65. The van der Waals surface area contributed by atoms with Crippen LogP contribution < -0.4 is 0 Å². The summed E-state index contributed by atoms with van der Waals surface area (Å²) in [6.07, 6.45) is -0.228. The SMILES string of the molecule is CN(CC(=O)N1CCOC(c2ccc(Br)cc2)C1)S(=O)(=O)c1ccc(Cl)s1. The van der Waals surface area contributed by atoms with Crippen molar-refractivity contribution in [3.63, 3.8) is 0 Å². The maximum Gasteiger partial charge on any atom is 0.252 e. The fourth-order valence-electron chi connectivity index (χ4n) is 2.72. The van der Waals surface area contributed by atoms with Crippen LogP contribution in [0.1, 0.15) is 11.7 Å². The summed E-state index contributed by atoms with van der Waals surface area (Å²) in [6, 6.07) is 10.7. The van der Waals surface area contributed by atoms with Crippen molar-refractivity contribution in [1.82, 2.24) is 9.21 Å². The van der Waals surface area contributed by atoms with Gasteiger partial charge in [0.1, 0.15) is 10.3 Å². The molecule has 27 heavy (non-hydrogen) atoms. The van der Waals surface area contributed by atoms with Gasteiger partial charge in [0.2, 0.25) is 5.91 Å². The number of hydrogen-bond donors (Lipinski definition) is 0. The molecule has 6 nitrogen and oxygen atoms in total. The molecule has 1 aromatic carbocycles. The van der Waals surface area contributed by atoms with E-state index < -0.39 is 10.0 Å². The first-order valence-electron chi connectivity index (χ1n) is 8.14. The molecule has 1 aliphatic heterocycles. The number of hydrogen-bond acceptors (Lipinski definition) is 5. The maximum atomic E-state index is 12.7. The molecule has 1 saturated heterocycles. The first kappa shape index (κ1) is 20.8. The zero-order valence-corrected chi connectivity index (χ0v) is 18.4. The highest BCUT2D eigenvalue weighted by Gasteiger charge is 2.29. The fourth-order valence-corrected chi connectivity index (χ4v) is 5.80. The average molecular weight is 494 g/mol. The van der Waals surface area contributed by atoms with Crippen molar-refractivity contribution in [1.29, 1.82) is 0 Å².